The van der Waals surface area contributed by atoms with Crippen LogP contribution >= 0.6 is 22.9 Å². The fourth-order valence-electron chi connectivity index (χ4n) is 3.54. The molecule has 0 bridgehead atoms. The highest BCUT2D eigenvalue weighted by Crippen LogP contribution is 2.52. The molecule has 4 aromatic rings. The molecule has 26 heavy (non-hydrogen) atoms. The van der Waals surface area contributed by atoms with Crippen LogP contribution in [0.1, 0.15) is 15.9 Å². The maximum atomic E-state index is 13.2. The van der Waals surface area contributed by atoms with Gasteiger partial charge in [0.15, 0.2) is 5.78 Å². The molecular formula is C23H13ClOS. The van der Waals surface area contributed by atoms with Crippen molar-refractivity contribution in [3.8, 4) is 32.0 Å². The van der Waals surface area contributed by atoms with Gasteiger partial charge in [-0.1, -0.05) is 78.3 Å². The standard InChI is InChI=1S/C23H13ClOS/c24-16-12-10-15(11-13-16)23-20-19(17-8-4-5-9-18(17)21(20)25)22(26-23)14-6-2-1-3-7-14/h1-13H. The van der Waals surface area contributed by atoms with Gasteiger partial charge in [0, 0.05) is 31.5 Å². The monoisotopic (exact) mass is 372 g/mol. The molecule has 0 amide bonds. The zero-order valence-corrected chi connectivity index (χ0v) is 15.3. The van der Waals surface area contributed by atoms with Crippen LogP contribution in [-0.2, 0) is 0 Å². The van der Waals surface area contributed by atoms with E-state index in [4.69, 9.17) is 11.6 Å². The molecular weight excluding hydrogens is 360 g/mol. The first-order chi connectivity index (χ1) is 12.7. The van der Waals surface area contributed by atoms with Crippen molar-refractivity contribution in [1.82, 2.24) is 0 Å². The number of benzene rings is 3. The highest BCUT2D eigenvalue weighted by Gasteiger charge is 2.34. The van der Waals surface area contributed by atoms with Crippen molar-refractivity contribution >= 4 is 28.7 Å². The van der Waals surface area contributed by atoms with Crippen LogP contribution in [0.25, 0.3) is 32.0 Å². The van der Waals surface area contributed by atoms with E-state index in [0.29, 0.717) is 5.02 Å². The Balaban J connectivity index is 1.84. The van der Waals surface area contributed by atoms with Gasteiger partial charge in [-0.2, -0.15) is 0 Å². The number of fused-ring (bicyclic) bond motifs is 3. The fourth-order valence-corrected chi connectivity index (χ4v) is 4.98. The number of ketones is 1. The summed E-state index contributed by atoms with van der Waals surface area (Å²) in [5.41, 5.74) is 5.86. The summed E-state index contributed by atoms with van der Waals surface area (Å²) < 4.78 is 0. The molecule has 0 unspecified atom stereocenters. The quantitative estimate of drug-likeness (QED) is 0.327. The number of thiophene rings is 1. The lowest BCUT2D eigenvalue weighted by Gasteiger charge is -2.03. The number of hydrogen-bond donors (Lipinski definition) is 0. The van der Waals surface area contributed by atoms with Gasteiger partial charge >= 0.3 is 0 Å². The van der Waals surface area contributed by atoms with E-state index in [0.717, 1.165) is 43.1 Å². The van der Waals surface area contributed by atoms with Crippen LogP contribution in [0.3, 0.4) is 0 Å². The molecule has 0 aliphatic heterocycles. The number of carbonyl (C=O) groups is 1. The molecule has 3 heteroatoms. The molecule has 0 fully saturated rings. The molecule has 5 rings (SSSR count). The van der Waals surface area contributed by atoms with Gasteiger partial charge in [-0.3, -0.25) is 4.79 Å². The maximum Gasteiger partial charge on any atom is 0.195 e. The minimum Gasteiger partial charge on any atom is -0.289 e. The summed E-state index contributed by atoms with van der Waals surface area (Å²) in [5.74, 6) is 0.110. The first kappa shape index (κ1) is 15.6. The topological polar surface area (TPSA) is 17.1 Å². The molecule has 0 N–H and O–H groups in total. The smallest absolute Gasteiger partial charge is 0.195 e. The van der Waals surface area contributed by atoms with E-state index in [-0.39, 0.29) is 5.78 Å². The van der Waals surface area contributed by atoms with E-state index in [2.05, 4.69) is 12.1 Å². The van der Waals surface area contributed by atoms with Crippen LogP contribution in [0.4, 0.5) is 0 Å². The van der Waals surface area contributed by atoms with Gasteiger partial charge in [0.2, 0.25) is 0 Å². The normalized spacial score (nSPS) is 12.1. The van der Waals surface area contributed by atoms with E-state index >= 15 is 0 Å². The largest absolute Gasteiger partial charge is 0.289 e. The predicted octanol–water partition coefficient (Wildman–Crippen LogP) is 6.95. The summed E-state index contributed by atoms with van der Waals surface area (Å²) >= 11 is 7.73. The molecule has 1 aromatic heterocycles. The Morgan fingerprint density at radius 1 is 0.615 bits per heavy atom. The Morgan fingerprint density at radius 3 is 1.92 bits per heavy atom. The summed E-state index contributed by atoms with van der Waals surface area (Å²) in [6, 6.07) is 25.9. The van der Waals surface area contributed by atoms with Gasteiger partial charge < -0.3 is 0 Å². The lowest BCUT2D eigenvalue weighted by atomic mass is 10.0. The molecule has 0 saturated carbocycles. The number of halogens is 1. The van der Waals surface area contributed by atoms with Gasteiger partial charge in [-0.15, -0.1) is 11.3 Å². The molecule has 0 saturated heterocycles. The Morgan fingerprint density at radius 2 is 1.19 bits per heavy atom. The van der Waals surface area contributed by atoms with Crippen molar-refractivity contribution < 1.29 is 4.79 Å². The average molecular weight is 373 g/mol. The SMILES string of the molecule is O=C1c2ccccc2-c2c(-c3ccccc3)sc(-c3ccc(Cl)cc3)c21. The van der Waals surface area contributed by atoms with Gasteiger partial charge in [-0.05, 0) is 28.8 Å². The Bertz CT molecular complexity index is 1140. The fraction of sp³-hybridized carbons (Fsp3) is 0. The highest BCUT2D eigenvalue weighted by molar-refractivity contribution is 7.20. The molecule has 124 valence electrons. The Labute approximate surface area is 160 Å². The van der Waals surface area contributed by atoms with Crippen molar-refractivity contribution in [3.63, 3.8) is 0 Å². The summed E-state index contributed by atoms with van der Waals surface area (Å²) in [4.78, 5) is 15.3. The summed E-state index contributed by atoms with van der Waals surface area (Å²) in [5, 5.41) is 0.694. The second-order valence-electron chi connectivity index (χ2n) is 6.26. The van der Waals surface area contributed by atoms with E-state index in [1.807, 2.05) is 66.7 Å². The third-order valence-corrected chi connectivity index (χ3v) is 6.26. The van der Waals surface area contributed by atoms with E-state index < -0.39 is 0 Å². The Hall–Kier alpha value is -2.68. The molecule has 0 atom stereocenters. The van der Waals surface area contributed by atoms with Gasteiger partial charge in [-0.25, -0.2) is 0 Å². The third-order valence-electron chi connectivity index (χ3n) is 4.72. The van der Waals surface area contributed by atoms with Crippen LogP contribution in [0.2, 0.25) is 5.02 Å². The van der Waals surface area contributed by atoms with Crippen molar-refractivity contribution in [1.29, 1.82) is 0 Å². The molecule has 0 spiro atoms. The van der Waals surface area contributed by atoms with Crippen molar-refractivity contribution in [2.45, 2.75) is 0 Å². The Kier molecular flexibility index (Phi) is 3.56. The van der Waals surface area contributed by atoms with E-state index in [9.17, 15) is 4.79 Å². The van der Waals surface area contributed by atoms with Crippen molar-refractivity contribution in [3.05, 3.63) is 95.0 Å². The minimum atomic E-state index is 0.110. The lowest BCUT2D eigenvalue weighted by molar-refractivity contribution is 0.104. The number of rotatable bonds is 2. The predicted molar refractivity (Wildman–Crippen MR) is 109 cm³/mol. The first-order valence-electron chi connectivity index (χ1n) is 8.36. The molecule has 1 aliphatic rings. The number of carbonyl (C=O) groups excluding carboxylic acids is 1. The van der Waals surface area contributed by atoms with E-state index in [1.165, 1.54) is 0 Å². The summed E-state index contributed by atoms with van der Waals surface area (Å²) in [7, 11) is 0. The van der Waals surface area contributed by atoms with Gasteiger partial charge in [0.05, 0.1) is 0 Å². The lowest BCUT2D eigenvalue weighted by Crippen LogP contribution is -1.95. The maximum absolute atomic E-state index is 13.2. The van der Waals surface area contributed by atoms with Gasteiger partial charge in [0.25, 0.3) is 0 Å². The summed E-state index contributed by atoms with van der Waals surface area (Å²) in [6.07, 6.45) is 0. The van der Waals surface area contributed by atoms with Gasteiger partial charge in [0.1, 0.15) is 0 Å². The molecule has 3 aromatic carbocycles. The first-order valence-corrected chi connectivity index (χ1v) is 9.56. The van der Waals surface area contributed by atoms with Crippen LogP contribution in [0.15, 0.2) is 78.9 Å². The zero-order chi connectivity index (χ0) is 17.7. The molecule has 0 radical (unpaired) electrons. The summed E-state index contributed by atoms with van der Waals surface area (Å²) in [6.45, 7) is 0. The minimum absolute atomic E-state index is 0.110. The average Bonchev–Trinajstić information content (AvgIpc) is 3.21. The van der Waals surface area contributed by atoms with Crippen LogP contribution in [-0.4, -0.2) is 5.78 Å². The van der Waals surface area contributed by atoms with E-state index in [1.54, 1.807) is 11.3 Å². The zero-order valence-electron chi connectivity index (χ0n) is 13.7. The number of hydrogen-bond acceptors (Lipinski definition) is 2. The van der Waals surface area contributed by atoms with Crippen LogP contribution < -0.4 is 0 Å². The molecule has 1 aliphatic carbocycles. The van der Waals surface area contributed by atoms with Crippen LogP contribution in [0.5, 0.6) is 0 Å². The third kappa shape index (κ3) is 2.27. The molecule has 1 nitrogen and oxygen atoms in total. The highest BCUT2D eigenvalue weighted by atomic mass is 35.5. The second-order valence-corrected chi connectivity index (χ2v) is 7.71. The van der Waals surface area contributed by atoms with Crippen LogP contribution in [0, 0.1) is 0 Å². The van der Waals surface area contributed by atoms with Crippen molar-refractivity contribution in [2.24, 2.45) is 0 Å². The second kappa shape index (κ2) is 5.94. The van der Waals surface area contributed by atoms with Crippen molar-refractivity contribution in [2.75, 3.05) is 0 Å². The molecule has 1 heterocycles.